The highest BCUT2D eigenvalue weighted by Crippen LogP contribution is 2.67. The van der Waals surface area contributed by atoms with Gasteiger partial charge in [-0.3, -0.25) is 9.59 Å². The molecule has 0 radical (unpaired) electrons. The number of hydrogen-bond acceptors (Lipinski definition) is 5. The zero-order valence-electron chi connectivity index (χ0n) is 18.6. The van der Waals surface area contributed by atoms with Gasteiger partial charge in [-0.25, -0.2) is 0 Å². The van der Waals surface area contributed by atoms with E-state index >= 15 is 0 Å². The molecule has 164 valence electrons. The van der Waals surface area contributed by atoms with E-state index < -0.39 is 5.60 Å². The fraction of sp³-hybridized carbons (Fsp3) is 0.760. The Bertz CT molecular complexity index is 824. The number of esters is 2. The first kappa shape index (κ1) is 21.4. The highest BCUT2D eigenvalue weighted by Gasteiger charge is 2.65. The molecule has 3 saturated carbocycles. The smallest absolute Gasteiger partial charge is 0.303 e. The fourth-order valence-electron chi connectivity index (χ4n) is 7.48. The van der Waals surface area contributed by atoms with Gasteiger partial charge in [0, 0.05) is 31.6 Å². The fourth-order valence-corrected chi connectivity index (χ4v) is 7.48. The van der Waals surface area contributed by atoms with Crippen LogP contribution in [0.4, 0.5) is 0 Å². The van der Waals surface area contributed by atoms with Gasteiger partial charge in [0.05, 0.1) is 0 Å². The first-order valence-corrected chi connectivity index (χ1v) is 11.3. The number of terminal acetylenes is 1. The molecule has 8 atom stereocenters. The average molecular weight is 415 g/mol. The molecule has 4 aliphatic carbocycles. The van der Waals surface area contributed by atoms with Crippen molar-refractivity contribution in [1.82, 2.24) is 0 Å². The molecule has 5 nitrogen and oxygen atoms in total. The molecule has 0 aliphatic heterocycles. The summed E-state index contributed by atoms with van der Waals surface area (Å²) >= 11 is 0. The summed E-state index contributed by atoms with van der Waals surface area (Å²) < 4.78 is 11.4. The highest BCUT2D eigenvalue weighted by molar-refractivity contribution is 5.67. The van der Waals surface area contributed by atoms with Crippen molar-refractivity contribution in [2.75, 3.05) is 0 Å². The van der Waals surface area contributed by atoms with Crippen LogP contribution in [-0.2, 0) is 19.1 Å². The Hall–Kier alpha value is -1.80. The Morgan fingerprint density at radius 1 is 1.07 bits per heavy atom. The van der Waals surface area contributed by atoms with Crippen LogP contribution < -0.4 is 0 Å². The van der Waals surface area contributed by atoms with Crippen molar-refractivity contribution in [2.24, 2.45) is 28.6 Å². The summed E-state index contributed by atoms with van der Waals surface area (Å²) in [5.41, 5.74) is -0.212. The van der Waals surface area contributed by atoms with Gasteiger partial charge in [0.2, 0.25) is 0 Å². The Morgan fingerprint density at radius 3 is 2.37 bits per heavy atom. The van der Waals surface area contributed by atoms with Crippen molar-refractivity contribution in [1.29, 1.82) is 0 Å². The van der Waals surface area contributed by atoms with Crippen LogP contribution in [0.2, 0.25) is 0 Å². The van der Waals surface area contributed by atoms with Crippen LogP contribution in [-0.4, -0.2) is 34.9 Å². The third kappa shape index (κ3) is 3.02. The van der Waals surface area contributed by atoms with Crippen molar-refractivity contribution in [3.8, 4) is 12.3 Å². The number of fused-ring (bicyclic) bond motifs is 5. The molecule has 0 heterocycles. The maximum atomic E-state index is 12.0. The summed E-state index contributed by atoms with van der Waals surface area (Å²) in [5.74, 6) is 2.89. The molecule has 0 amide bonds. The molecule has 0 bridgehead atoms. The number of carbonyl (C=O) groups is 2. The molecule has 0 aromatic heterocycles. The number of aliphatic hydroxyl groups is 1. The summed E-state index contributed by atoms with van der Waals surface area (Å²) in [6.45, 7) is 7.37. The summed E-state index contributed by atoms with van der Waals surface area (Å²) in [7, 11) is 0. The molecule has 0 spiro atoms. The van der Waals surface area contributed by atoms with Gasteiger partial charge in [0.15, 0.2) is 0 Å². The lowest BCUT2D eigenvalue weighted by Crippen LogP contribution is -2.58. The second-order valence-electron chi connectivity index (χ2n) is 10.4. The largest absolute Gasteiger partial charge is 0.462 e. The second kappa shape index (κ2) is 7.12. The first-order chi connectivity index (χ1) is 14.0. The van der Waals surface area contributed by atoms with Gasteiger partial charge in [-0.05, 0) is 61.9 Å². The van der Waals surface area contributed by atoms with E-state index in [0.29, 0.717) is 18.8 Å². The van der Waals surface area contributed by atoms with Gasteiger partial charge < -0.3 is 14.6 Å². The molecule has 1 N–H and O–H groups in total. The predicted octanol–water partition coefficient (Wildman–Crippen LogP) is 3.79. The molecule has 4 aliphatic rings. The quantitative estimate of drug-likeness (QED) is 0.423. The van der Waals surface area contributed by atoms with E-state index in [1.165, 1.54) is 19.4 Å². The second-order valence-corrected chi connectivity index (χ2v) is 10.4. The summed E-state index contributed by atoms with van der Waals surface area (Å²) in [4.78, 5) is 23.5. The molecular weight excluding hydrogens is 380 g/mol. The lowest BCUT2D eigenvalue weighted by molar-refractivity contribution is -0.163. The van der Waals surface area contributed by atoms with Gasteiger partial charge in [-0.1, -0.05) is 25.3 Å². The molecule has 3 fully saturated rings. The monoisotopic (exact) mass is 414 g/mol. The minimum absolute atomic E-state index is 0.00383. The Labute approximate surface area is 179 Å². The molecule has 5 heteroatoms. The Kier molecular flexibility index (Phi) is 5.09. The van der Waals surface area contributed by atoms with Crippen LogP contribution in [0.25, 0.3) is 0 Å². The Morgan fingerprint density at radius 2 is 1.73 bits per heavy atom. The number of carbonyl (C=O) groups excluding carboxylic acids is 2. The normalized spacial score (nSPS) is 47.1. The van der Waals surface area contributed by atoms with Crippen LogP contribution in [0.1, 0.15) is 72.6 Å². The maximum absolute atomic E-state index is 12.0. The van der Waals surface area contributed by atoms with Crippen molar-refractivity contribution >= 4 is 11.9 Å². The van der Waals surface area contributed by atoms with Crippen molar-refractivity contribution < 1.29 is 24.2 Å². The minimum atomic E-state index is -1.10. The van der Waals surface area contributed by atoms with E-state index in [0.717, 1.165) is 32.1 Å². The van der Waals surface area contributed by atoms with Crippen molar-refractivity contribution in [3.63, 3.8) is 0 Å². The third-order valence-corrected chi connectivity index (χ3v) is 9.09. The average Bonchev–Trinajstić information content (AvgIpc) is 2.94. The van der Waals surface area contributed by atoms with E-state index in [-0.39, 0.29) is 46.8 Å². The topological polar surface area (TPSA) is 72.8 Å². The van der Waals surface area contributed by atoms with E-state index in [4.69, 9.17) is 15.9 Å². The number of hydrogen-bond donors (Lipinski definition) is 1. The molecular formula is C25H34O5. The van der Waals surface area contributed by atoms with E-state index in [1.807, 2.05) is 0 Å². The predicted molar refractivity (Wildman–Crippen MR) is 112 cm³/mol. The van der Waals surface area contributed by atoms with Crippen LogP contribution in [0, 0.1) is 40.9 Å². The van der Waals surface area contributed by atoms with Gasteiger partial charge in [0.25, 0.3) is 0 Å². The molecule has 0 aromatic rings. The maximum Gasteiger partial charge on any atom is 0.303 e. The SMILES string of the molecule is C#C[C@]1(O)CCC2C3C(CC[C@@]21C)[C@@]1(C)CC[C@H](OC(C)=O)CC1=C[C@H]3OC(C)=O. The molecule has 3 unspecified atom stereocenters. The summed E-state index contributed by atoms with van der Waals surface area (Å²) in [6, 6.07) is 0. The van der Waals surface area contributed by atoms with Gasteiger partial charge >= 0.3 is 11.9 Å². The standard InChI is InChI=1S/C25H34O5/c1-6-25(28)12-9-20-22-19(8-11-24(20,25)5)23(4)10-7-18(29-15(2)26)13-17(23)14-21(22)30-16(3)27/h1,14,18-22,28H,7-13H2,2-5H3/t18-,19?,20?,21+,22?,23-,24-,25-/m0/s1. The summed E-state index contributed by atoms with van der Waals surface area (Å²) in [5, 5.41) is 11.2. The van der Waals surface area contributed by atoms with Crippen molar-refractivity contribution in [2.45, 2.75) is 90.4 Å². The minimum Gasteiger partial charge on any atom is -0.462 e. The van der Waals surface area contributed by atoms with Crippen LogP contribution in [0.3, 0.4) is 0 Å². The van der Waals surface area contributed by atoms with Gasteiger partial charge in [-0.15, -0.1) is 6.42 Å². The molecule has 4 rings (SSSR count). The van der Waals surface area contributed by atoms with Crippen LogP contribution >= 0.6 is 0 Å². The van der Waals surface area contributed by atoms with E-state index in [1.54, 1.807) is 0 Å². The number of rotatable bonds is 2. The van der Waals surface area contributed by atoms with Crippen LogP contribution in [0.15, 0.2) is 11.6 Å². The molecule has 30 heavy (non-hydrogen) atoms. The first-order valence-electron chi connectivity index (χ1n) is 11.3. The highest BCUT2D eigenvalue weighted by atomic mass is 16.5. The summed E-state index contributed by atoms with van der Waals surface area (Å²) in [6.07, 6.45) is 13.3. The van der Waals surface area contributed by atoms with Crippen molar-refractivity contribution in [3.05, 3.63) is 11.6 Å². The number of ether oxygens (including phenoxy) is 2. The molecule has 0 aromatic carbocycles. The van der Waals surface area contributed by atoms with Crippen LogP contribution in [0.5, 0.6) is 0 Å². The lowest BCUT2D eigenvalue weighted by Gasteiger charge is -2.59. The lowest BCUT2D eigenvalue weighted by atomic mass is 9.46. The van der Waals surface area contributed by atoms with Gasteiger partial charge in [0.1, 0.15) is 17.8 Å². The Balaban J connectivity index is 1.73. The third-order valence-electron chi connectivity index (χ3n) is 9.09. The molecule has 0 saturated heterocycles. The van der Waals surface area contributed by atoms with E-state index in [9.17, 15) is 14.7 Å². The van der Waals surface area contributed by atoms with Gasteiger partial charge in [-0.2, -0.15) is 0 Å². The van der Waals surface area contributed by atoms with E-state index in [2.05, 4.69) is 25.8 Å². The zero-order valence-corrected chi connectivity index (χ0v) is 18.6. The zero-order chi connectivity index (χ0) is 21.9.